The number of sulfonamides is 1. The maximum absolute atomic E-state index is 13.2. The summed E-state index contributed by atoms with van der Waals surface area (Å²) in [5.41, 5.74) is 2.84. The molecular formula is C28H28N2O3S. The molecule has 1 heterocycles. The number of anilines is 1. The average molecular weight is 473 g/mol. The summed E-state index contributed by atoms with van der Waals surface area (Å²) in [5, 5.41) is 5.14. The fourth-order valence-corrected chi connectivity index (χ4v) is 5.72. The van der Waals surface area contributed by atoms with Crippen molar-refractivity contribution in [2.75, 3.05) is 11.3 Å². The summed E-state index contributed by atoms with van der Waals surface area (Å²) in [5.74, 6) is 0.739. The highest BCUT2D eigenvalue weighted by molar-refractivity contribution is 7.93. The smallest absolute Gasteiger partial charge is 0.262 e. The third-order valence-electron chi connectivity index (χ3n) is 6.34. The van der Waals surface area contributed by atoms with Gasteiger partial charge in [0.25, 0.3) is 10.0 Å². The SMILES string of the molecule is C[C@H](NC[C@@H]1CCc2ccc(NS(=O)(=O)c3cccc4ccccc34)cc2O1)c1ccccc1. The van der Waals surface area contributed by atoms with E-state index in [1.165, 1.54) is 5.56 Å². The monoisotopic (exact) mass is 472 g/mol. The van der Waals surface area contributed by atoms with Gasteiger partial charge in [0.1, 0.15) is 11.9 Å². The van der Waals surface area contributed by atoms with Gasteiger partial charge < -0.3 is 10.1 Å². The molecule has 0 radical (unpaired) electrons. The van der Waals surface area contributed by atoms with E-state index in [-0.39, 0.29) is 17.0 Å². The topological polar surface area (TPSA) is 67.4 Å². The van der Waals surface area contributed by atoms with Crippen molar-refractivity contribution in [3.05, 3.63) is 102 Å². The van der Waals surface area contributed by atoms with Crippen LogP contribution in [0.4, 0.5) is 5.69 Å². The van der Waals surface area contributed by atoms with E-state index in [0.717, 1.165) is 36.1 Å². The highest BCUT2D eigenvalue weighted by Gasteiger charge is 2.22. The molecule has 4 aromatic carbocycles. The minimum Gasteiger partial charge on any atom is -0.489 e. The summed E-state index contributed by atoms with van der Waals surface area (Å²) in [7, 11) is -3.75. The number of ether oxygens (including phenoxy) is 1. The van der Waals surface area contributed by atoms with Crippen LogP contribution in [0.25, 0.3) is 10.8 Å². The fraction of sp³-hybridized carbons (Fsp3) is 0.214. The van der Waals surface area contributed by atoms with Crippen LogP contribution in [0.2, 0.25) is 0 Å². The number of hydrogen-bond acceptors (Lipinski definition) is 4. The molecule has 0 aliphatic carbocycles. The first-order valence-corrected chi connectivity index (χ1v) is 13.1. The first-order chi connectivity index (χ1) is 16.5. The number of aryl methyl sites for hydroxylation is 1. The van der Waals surface area contributed by atoms with Crippen molar-refractivity contribution in [2.24, 2.45) is 0 Å². The summed E-state index contributed by atoms with van der Waals surface area (Å²) in [6.07, 6.45) is 1.85. The van der Waals surface area contributed by atoms with Crippen molar-refractivity contribution in [3.63, 3.8) is 0 Å². The van der Waals surface area contributed by atoms with E-state index in [2.05, 4.69) is 29.1 Å². The lowest BCUT2D eigenvalue weighted by Gasteiger charge is -2.28. The highest BCUT2D eigenvalue weighted by atomic mass is 32.2. The van der Waals surface area contributed by atoms with Crippen molar-refractivity contribution in [2.45, 2.75) is 36.8 Å². The first kappa shape index (κ1) is 22.4. The Kier molecular flexibility index (Phi) is 6.26. The maximum Gasteiger partial charge on any atom is 0.262 e. The molecule has 1 aliphatic rings. The molecule has 6 heteroatoms. The molecule has 174 valence electrons. The van der Waals surface area contributed by atoms with E-state index in [4.69, 9.17) is 4.74 Å². The van der Waals surface area contributed by atoms with Gasteiger partial charge in [0.2, 0.25) is 0 Å². The van der Waals surface area contributed by atoms with Crippen LogP contribution in [0.1, 0.15) is 30.5 Å². The van der Waals surface area contributed by atoms with E-state index in [0.29, 0.717) is 11.1 Å². The number of nitrogens with one attached hydrogen (secondary N) is 2. The van der Waals surface area contributed by atoms with Crippen LogP contribution in [-0.2, 0) is 16.4 Å². The largest absolute Gasteiger partial charge is 0.489 e. The molecular weight excluding hydrogens is 444 g/mol. The second-order valence-corrected chi connectivity index (χ2v) is 10.4. The van der Waals surface area contributed by atoms with Crippen LogP contribution in [0, 0.1) is 0 Å². The van der Waals surface area contributed by atoms with E-state index < -0.39 is 10.0 Å². The van der Waals surface area contributed by atoms with Crippen LogP contribution in [-0.4, -0.2) is 21.1 Å². The number of benzene rings is 4. The molecule has 2 N–H and O–H groups in total. The lowest BCUT2D eigenvalue weighted by atomic mass is 10.0. The Morgan fingerprint density at radius 1 is 0.941 bits per heavy atom. The molecule has 34 heavy (non-hydrogen) atoms. The Bertz CT molecular complexity index is 1400. The zero-order valence-corrected chi connectivity index (χ0v) is 19.9. The second kappa shape index (κ2) is 9.49. The Balaban J connectivity index is 1.30. The van der Waals surface area contributed by atoms with Crippen molar-refractivity contribution in [3.8, 4) is 5.75 Å². The summed E-state index contributed by atoms with van der Waals surface area (Å²) < 4.78 is 35.4. The van der Waals surface area contributed by atoms with Crippen molar-refractivity contribution in [1.29, 1.82) is 0 Å². The van der Waals surface area contributed by atoms with Gasteiger partial charge >= 0.3 is 0 Å². The van der Waals surface area contributed by atoms with Crippen molar-refractivity contribution >= 4 is 26.5 Å². The van der Waals surface area contributed by atoms with E-state index in [1.54, 1.807) is 24.3 Å². The molecule has 0 fully saturated rings. The third kappa shape index (κ3) is 4.79. The van der Waals surface area contributed by atoms with Crippen molar-refractivity contribution < 1.29 is 13.2 Å². The molecule has 0 bridgehead atoms. The second-order valence-electron chi connectivity index (χ2n) is 8.72. The number of hydrogen-bond donors (Lipinski definition) is 2. The van der Waals surface area contributed by atoms with Crippen LogP contribution >= 0.6 is 0 Å². The maximum atomic E-state index is 13.2. The normalized spacial score (nSPS) is 16.4. The summed E-state index contributed by atoms with van der Waals surface area (Å²) in [6.45, 7) is 2.87. The van der Waals surface area contributed by atoms with Crippen LogP contribution < -0.4 is 14.8 Å². The minimum absolute atomic E-state index is 0.0311. The molecule has 2 atom stereocenters. The quantitative estimate of drug-likeness (QED) is 0.363. The van der Waals surface area contributed by atoms with Crippen LogP contribution in [0.3, 0.4) is 0 Å². The average Bonchev–Trinajstić information content (AvgIpc) is 2.87. The predicted octanol–water partition coefficient (Wildman–Crippen LogP) is 5.69. The van der Waals surface area contributed by atoms with E-state index in [9.17, 15) is 8.42 Å². The molecule has 0 spiro atoms. The van der Waals surface area contributed by atoms with Gasteiger partial charge in [0, 0.05) is 24.0 Å². The van der Waals surface area contributed by atoms with Crippen LogP contribution in [0.15, 0.2) is 95.9 Å². The van der Waals surface area contributed by atoms with Gasteiger partial charge in [0.15, 0.2) is 0 Å². The van der Waals surface area contributed by atoms with Gasteiger partial charge in [-0.2, -0.15) is 0 Å². The van der Waals surface area contributed by atoms with Crippen LogP contribution in [0.5, 0.6) is 5.75 Å². The standard InChI is InChI=1S/C28H28N2O3S/c1-20(21-8-3-2-4-9-21)29-19-25-17-15-23-14-16-24(18-27(23)33-25)30-34(31,32)28-13-7-11-22-10-5-6-12-26(22)28/h2-14,16,18,20,25,29-30H,15,17,19H2,1H3/t20-,25-/m0/s1. The predicted molar refractivity (Wildman–Crippen MR) is 137 cm³/mol. The Morgan fingerprint density at radius 2 is 1.71 bits per heavy atom. The van der Waals surface area contributed by atoms with Gasteiger partial charge in [-0.25, -0.2) is 8.42 Å². The molecule has 0 unspecified atom stereocenters. The van der Waals surface area contributed by atoms with Gasteiger partial charge in [-0.15, -0.1) is 0 Å². The zero-order chi connectivity index (χ0) is 23.5. The van der Waals surface area contributed by atoms with Gasteiger partial charge in [-0.05, 0) is 48.4 Å². The lowest BCUT2D eigenvalue weighted by Crippen LogP contribution is -2.35. The van der Waals surface area contributed by atoms with Gasteiger partial charge in [-0.3, -0.25) is 4.72 Å². The lowest BCUT2D eigenvalue weighted by molar-refractivity contribution is 0.167. The Hall–Kier alpha value is -3.35. The molecule has 0 saturated heterocycles. The van der Waals surface area contributed by atoms with E-state index in [1.807, 2.05) is 54.6 Å². The molecule has 1 aliphatic heterocycles. The third-order valence-corrected chi connectivity index (χ3v) is 7.78. The summed E-state index contributed by atoms with van der Waals surface area (Å²) >= 11 is 0. The van der Waals surface area contributed by atoms with Gasteiger partial charge in [0.05, 0.1) is 10.6 Å². The van der Waals surface area contributed by atoms with Gasteiger partial charge in [-0.1, -0.05) is 72.8 Å². The minimum atomic E-state index is -3.75. The fourth-order valence-electron chi connectivity index (χ4n) is 4.44. The number of rotatable bonds is 7. The molecule has 5 rings (SSSR count). The molecule has 0 aromatic heterocycles. The molecule has 0 saturated carbocycles. The summed E-state index contributed by atoms with van der Waals surface area (Å²) in [4.78, 5) is 0.265. The zero-order valence-electron chi connectivity index (χ0n) is 19.1. The van der Waals surface area contributed by atoms with Crippen molar-refractivity contribution in [1.82, 2.24) is 5.32 Å². The molecule has 5 nitrogen and oxygen atoms in total. The Morgan fingerprint density at radius 3 is 2.56 bits per heavy atom. The highest BCUT2D eigenvalue weighted by Crippen LogP contribution is 2.32. The molecule has 0 amide bonds. The summed E-state index contributed by atoms with van der Waals surface area (Å²) in [6, 6.07) is 28.9. The molecule has 4 aromatic rings. The first-order valence-electron chi connectivity index (χ1n) is 11.6. The van der Waals surface area contributed by atoms with E-state index >= 15 is 0 Å². The number of fused-ring (bicyclic) bond motifs is 2. The Labute approximate surface area is 200 Å².